The van der Waals surface area contributed by atoms with Crippen LogP contribution in [0, 0.1) is 6.92 Å². The van der Waals surface area contributed by atoms with Gasteiger partial charge >= 0.3 is 0 Å². The minimum absolute atomic E-state index is 0.120. The first-order valence-corrected chi connectivity index (χ1v) is 9.98. The predicted molar refractivity (Wildman–Crippen MR) is 119 cm³/mol. The second-order valence-electron chi connectivity index (χ2n) is 7.00. The number of nitrogens with zero attached hydrogens (tertiary/aromatic N) is 1. The number of rotatable bonds is 5. The van der Waals surface area contributed by atoms with Gasteiger partial charge in [0.25, 0.3) is 5.91 Å². The van der Waals surface area contributed by atoms with Crippen LogP contribution in [-0.2, 0) is 6.42 Å². The SMILES string of the molecule is Cc1ccccc1-c1cc(C(=O)NCCc2ccccc2)c2cccc(Cl)c2n1. The maximum atomic E-state index is 13.0. The third-order valence-corrected chi connectivity index (χ3v) is 5.30. The number of aryl methyl sites for hydroxylation is 1. The molecule has 144 valence electrons. The summed E-state index contributed by atoms with van der Waals surface area (Å²) in [6, 6.07) is 25.5. The number of para-hydroxylation sites is 1. The van der Waals surface area contributed by atoms with Gasteiger partial charge in [0.05, 0.1) is 21.8 Å². The molecule has 0 aliphatic carbocycles. The molecule has 4 heteroatoms. The molecule has 0 bridgehead atoms. The largest absolute Gasteiger partial charge is 0.352 e. The zero-order chi connectivity index (χ0) is 20.2. The lowest BCUT2D eigenvalue weighted by Gasteiger charge is -2.12. The molecule has 1 heterocycles. The molecule has 0 unspecified atom stereocenters. The fraction of sp³-hybridized carbons (Fsp3) is 0.120. The van der Waals surface area contributed by atoms with Crippen molar-refractivity contribution < 1.29 is 4.79 Å². The topological polar surface area (TPSA) is 42.0 Å². The van der Waals surface area contributed by atoms with Gasteiger partial charge in [-0.05, 0) is 36.6 Å². The fourth-order valence-corrected chi connectivity index (χ4v) is 3.68. The average molecular weight is 401 g/mol. The van der Waals surface area contributed by atoms with E-state index in [1.165, 1.54) is 5.56 Å². The van der Waals surface area contributed by atoms with Gasteiger partial charge in [0.15, 0.2) is 0 Å². The monoisotopic (exact) mass is 400 g/mol. The highest BCUT2D eigenvalue weighted by Gasteiger charge is 2.16. The summed E-state index contributed by atoms with van der Waals surface area (Å²) < 4.78 is 0. The van der Waals surface area contributed by atoms with Crippen LogP contribution in [0.1, 0.15) is 21.5 Å². The number of aromatic nitrogens is 1. The highest BCUT2D eigenvalue weighted by molar-refractivity contribution is 6.35. The van der Waals surface area contributed by atoms with Crippen molar-refractivity contribution in [1.82, 2.24) is 10.3 Å². The Labute approximate surface area is 175 Å². The summed E-state index contributed by atoms with van der Waals surface area (Å²) in [7, 11) is 0. The summed E-state index contributed by atoms with van der Waals surface area (Å²) in [6.45, 7) is 2.60. The van der Waals surface area contributed by atoms with Crippen molar-refractivity contribution in [3.8, 4) is 11.3 Å². The van der Waals surface area contributed by atoms with Crippen molar-refractivity contribution >= 4 is 28.4 Å². The first kappa shape index (κ1) is 19.2. The maximum Gasteiger partial charge on any atom is 0.252 e. The van der Waals surface area contributed by atoms with Gasteiger partial charge in [0.1, 0.15) is 0 Å². The molecule has 0 aliphatic heterocycles. The van der Waals surface area contributed by atoms with E-state index in [4.69, 9.17) is 16.6 Å². The lowest BCUT2D eigenvalue weighted by atomic mass is 10.0. The smallest absolute Gasteiger partial charge is 0.252 e. The van der Waals surface area contributed by atoms with Crippen LogP contribution < -0.4 is 5.32 Å². The second-order valence-corrected chi connectivity index (χ2v) is 7.40. The van der Waals surface area contributed by atoms with Gasteiger partial charge in [-0.2, -0.15) is 0 Å². The predicted octanol–water partition coefficient (Wildman–Crippen LogP) is 5.84. The average Bonchev–Trinajstić information content (AvgIpc) is 2.74. The minimum Gasteiger partial charge on any atom is -0.352 e. The number of amides is 1. The van der Waals surface area contributed by atoms with Gasteiger partial charge < -0.3 is 5.32 Å². The number of fused-ring (bicyclic) bond motifs is 1. The zero-order valence-corrected chi connectivity index (χ0v) is 16.9. The van der Waals surface area contributed by atoms with Crippen molar-refractivity contribution in [3.63, 3.8) is 0 Å². The normalized spacial score (nSPS) is 10.8. The lowest BCUT2D eigenvalue weighted by molar-refractivity contribution is 0.0956. The zero-order valence-electron chi connectivity index (χ0n) is 16.2. The second kappa shape index (κ2) is 8.46. The Morgan fingerprint density at radius 1 is 0.966 bits per heavy atom. The van der Waals surface area contributed by atoms with Crippen LogP contribution in [0.3, 0.4) is 0 Å². The Kier molecular flexibility index (Phi) is 5.59. The van der Waals surface area contributed by atoms with Crippen LogP contribution in [0.15, 0.2) is 78.9 Å². The van der Waals surface area contributed by atoms with Gasteiger partial charge in [0, 0.05) is 17.5 Å². The summed E-state index contributed by atoms with van der Waals surface area (Å²) >= 11 is 6.42. The van der Waals surface area contributed by atoms with Crippen LogP contribution in [0.2, 0.25) is 5.02 Å². The molecule has 0 aliphatic rings. The Morgan fingerprint density at radius 2 is 1.72 bits per heavy atom. The Hall–Kier alpha value is -3.17. The van der Waals surface area contributed by atoms with Crippen LogP contribution in [0.4, 0.5) is 0 Å². The maximum absolute atomic E-state index is 13.0. The van der Waals surface area contributed by atoms with Crippen molar-refractivity contribution in [2.45, 2.75) is 13.3 Å². The van der Waals surface area contributed by atoms with E-state index in [1.54, 1.807) is 6.07 Å². The number of benzene rings is 3. The first-order chi connectivity index (χ1) is 14.1. The number of hydrogen-bond donors (Lipinski definition) is 1. The first-order valence-electron chi connectivity index (χ1n) is 9.61. The lowest BCUT2D eigenvalue weighted by Crippen LogP contribution is -2.26. The number of halogens is 1. The number of carbonyl (C=O) groups excluding carboxylic acids is 1. The fourth-order valence-electron chi connectivity index (χ4n) is 3.46. The molecule has 29 heavy (non-hydrogen) atoms. The molecule has 3 nitrogen and oxygen atoms in total. The molecule has 0 saturated carbocycles. The van der Waals surface area contributed by atoms with E-state index >= 15 is 0 Å². The van der Waals surface area contributed by atoms with E-state index in [0.29, 0.717) is 22.6 Å². The third-order valence-electron chi connectivity index (χ3n) is 5.00. The molecular weight excluding hydrogens is 380 g/mol. The standard InChI is InChI=1S/C25H21ClN2O/c1-17-8-5-6-11-19(17)23-16-21(20-12-7-13-22(26)24(20)28-23)25(29)27-15-14-18-9-3-2-4-10-18/h2-13,16H,14-15H2,1H3,(H,27,29). The Morgan fingerprint density at radius 3 is 2.52 bits per heavy atom. The number of pyridine rings is 1. The molecule has 0 atom stereocenters. The van der Waals surface area contributed by atoms with E-state index in [1.807, 2.05) is 67.6 Å². The van der Waals surface area contributed by atoms with E-state index in [9.17, 15) is 4.79 Å². The van der Waals surface area contributed by atoms with Crippen LogP contribution in [-0.4, -0.2) is 17.4 Å². The van der Waals surface area contributed by atoms with E-state index in [2.05, 4.69) is 17.4 Å². The molecule has 4 rings (SSSR count). The molecule has 0 radical (unpaired) electrons. The van der Waals surface area contributed by atoms with E-state index < -0.39 is 0 Å². The minimum atomic E-state index is -0.120. The molecule has 0 saturated heterocycles. The quantitative estimate of drug-likeness (QED) is 0.457. The highest BCUT2D eigenvalue weighted by atomic mass is 35.5. The third kappa shape index (κ3) is 4.15. The van der Waals surface area contributed by atoms with Crippen LogP contribution in [0.5, 0.6) is 0 Å². The summed E-state index contributed by atoms with van der Waals surface area (Å²) in [5.41, 5.74) is 5.26. The van der Waals surface area contributed by atoms with Crippen LogP contribution in [0.25, 0.3) is 22.2 Å². The molecule has 0 fully saturated rings. The van der Waals surface area contributed by atoms with Crippen molar-refractivity contribution in [1.29, 1.82) is 0 Å². The summed E-state index contributed by atoms with van der Waals surface area (Å²) in [5.74, 6) is -0.120. The van der Waals surface area contributed by atoms with Gasteiger partial charge in [-0.3, -0.25) is 4.79 Å². The van der Waals surface area contributed by atoms with Gasteiger partial charge in [-0.25, -0.2) is 4.98 Å². The summed E-state index contributed by atoms with van der Waals surface area (Å²) in [6.07, 6.45) is 0.779. The highest BCUT2D eigenvalue weighted by Crippen LogP contribution is 2.30. The molecule has 1 amide bonds. The van der Waals surface area contributed by atoms with Crippen molar-refractivity contribution in [3.05, 3.63) is 101 Å². The van der Waals surface area contributed by atoms with Gasteiger partial charge in [0.2, 0.25) is 0 Å². The van der Waals surface area contributed by atoms with E-state index in [-0.39, 0.29) is 5.91 Å². The Balaban J connectivity index is 1.69. The number of nitrogens with one attached hydrogen (secondary N) is 1. The van der Waals surface area contributed by atoms with Gasteiger partial charge in [-0.15, -0.1) is 0 Å². The van der Waals surface area contributed by atoms with Gasteiger partial charge in [-0.1, -0.05) is 78.3 Å². The molecule has 1 aromatic heterocycles. The summed E-state index contributed by atoms with van der Waals surface area (Å²) in [4.78, 5) is 17.8. The molecule has 4 aromatic rings. The van der Waals surface area contributed by atoms with Crippen LogP contribution >= 0.6 is 11.6 Å². The Bertz CT molecular complexity index is 1170. The summed E-state index contributed by atoms with van der Waals surface area (Å²) in [5, 5.41) is 4.34. The van der Waals surface area contributed by atoms with Crippen molar-refractivity contribution in [2.75, 3.05) is 6.54 Å². The van der Waals surface area contributed by atoms with E-state index in [0.717, 1.165) is 28.6 Å². The number of carbonyl (C=O) groups is 1. The van der Waals surface area contributed by atoms with Crippen molar-refractivity contribution in [2.24, 2.45) is 0 Å². The molecular formula is C25H21ClN2O. The molecule has 3 aromatic carbocycles. The molecule has 0 spiro atoms. The molecule has 1 N–H and O–H groups in total. The number of hydrogen-bond acceptors (Lipinski definition) is 2.